The molecule has 0 aromatic carbocycles. The zero-order valence-corrected chi connectivity index (χ0v) is 12.8. The van der Waals surface area contributed by atoms with E-state index in [0.29, 0.717) is 25.6 Å². The quantitative estimate of drug-likeness (QED) is 0.870. The summed E-state index contributed by atoms with van der Waals surface area (Å²) in [5, 5.41) is 2.88. The van der Waals surface area contributed by atoms with Crippen LogP contribution in [0.15, 0.2) is 18.3 Å². The van der Waals surface area contributed by atoms with Crippen molar-refractivity contribution in [2.75, 3.05) is 26.7 Å². The van der Waals surface area contributed by atoms with Crippen molar-refractivity contribution in [1.29, 1.82) is 0 Å². The fourth-order valence-electron chi connectivity index (χ4n) is 2.07. The fraction of sp³-hybridized carbons (Fsp3) is 0.600. The van der Waals surface area contributed by atoms with Crippen LogP contribution in [0.5, 0.6) is 5.88 Å². The molecule has 0 radical (unpaired) electrons. The largest absolute Gasteiger partial charge is 0.475 e. The molecule has 1 unspecified atom stereocenters. The number of aromatic nitrogens is 1. The van der Waals surface area contributed by atoms with Crippen molar-refractivity contribution in [2.45, 2.75) is 32.6 Å². The molecule has 1 amide bonds. The third kappa shape index (κ3) is 4.99. The van der Waals surface area contributed by atoms with Crippen molar-refractivity contribution in [3.05, 3.63) is 23.9 Å². The normalized spacial score (nSPS) is 19.5. The molecule has 2 heterocycles. The Kier molecular flexibility index (Phi) is 5.52. The molecule has 0 spiro atoms. The van der Waals surface area contributed by atoms with Crippen LogP contribution in [-0.4, -0.2) is 54.7 Å². The van der Waals surface area contributed by atoms with Crippen molar-refractivity contribution in [3.63, 3.8) is 0 Å². The van der Waals surface area contributed by atoms with Crippen molar-refractivity contribution >= 4 is 5.91 Å². The van der Waals surface area contributed by atoms with Crippen LogP contribution in [0.2, 0.25) is 0 Å². The zero-order valence-electron chi connectivity index (χ0n) is 12.8. The van der Waals surface area contributed by atoms with E-state index in [1.54, 1.807) is 6.20 Å². The number of carbonyl (C=O) groups is 1. The Morgan fingerprint density at radius 1 is 1.57 bits per heavy atom. The van der Waals surface area contributed by atoms with Gasteiger partial charge in [-0.2, -0.15) is 0 Å². The number of morpholine rings is 1. The second-order valence-electron chi connectivity index (χ2n) is 5.51. The van der Waals surface area contributed by atoms with E-state index < -0.39 is 0 Å². The van der Waals surface area contributed by atoms with E-state index in [9.17, 15) is 4.79 Å². The van der Waals surface area contributed by atoms with Gasteiger partial charge in [-0.15, -0.1) is 0 Å². The standard InChI is InChI=1S/C15H23N3O3/c1-11(2)21-14-5-4-12(8-16-14)9-17-15(19)13-10-18(3)6-7-20-13/h4-5,8,11,13H,6-7,9-10H2,1-3H3,(H,17,19). The highest BCUT2D eigenvalue weighted by atomic mass is 16.5. The number of carbonyl (C=O) groups excluding carboxylic acids is 1. The molecule has 1 aliphatic rings. The number of likely N-dealkylation sites (N-methyl/N-ethyl adjacent to an activating group) is 1. The highest BCUT2D eigenvalue weighted by Crippen LogP contribution is 2.09. The first kappa shape index (κ1) is 15.7. The van der Waals surface area contributed by atoms with Gasteiger partial charge < -0.3 is 19.7 Å². The monoisotopic (exact) mass is 293 g/mol. The van der Waals surface area contributed by atoms with Crippen molar-refractivity contribution < 1.29 is 14.3 Å². The first-order valence-electron chi connectivity index (χ1n) is 7.24. The molecule has 0 saturated carbocycles. The lowest BCUT2D eigenvalue weighted by Crippen LogP contribution is -2.48. The van der Waals surface area contributed by atoms with E-state index in [4.69, 9.17) is 9.47 Å². The van der Waals surface area contributed by atoms with Crippen LogP contribution < -0.4 is 10.1 Å². The van der Waals surface area contributed by atoms with Gasteiger partial charge in [0.2, 0.25) is 5.88 Å². The predicted octanol–water partition coefficient (Wildman–Crippen LogP) is 0.816. The van der Waals surface area contributed by atoms with Crippen molar-refractivity contribution in [2.24, 2.45) is 0 Å². The smallest absolute Gasteiger partial charge is 0.250 e. The van der Waals surface area contributed by atoms with Crippen LogP contribution in [0.25, 0.3) is 0 Å². The second-order valence-corrected chi connectivity index (χ2v) is 5.51. The summed E-state index contributed by atoms with van der Waals surface area (Å²) in [5.74, 6) is 0.515. The van der Waals surface area contributed by atoms with E-state index in [2.05, 4.69) is 15.2 Å². The summed E-state index contributed by atoms with van der Waals surface area (Å²) in [5.41, 5.74) is 0.934. The van der Waals surface area contributed by atoms with Crippen LogP contribution in [0.4, 0.5) is 0 Å². The summed E-state index contributed by atoms with van der Waals surface area (Å²) in [6, 6.07) is 3.71. The Bertz CT molecular complexity index is 462. The lowest BCUT2D eigenvalue weighted by molar-refractivity contribution is -0.137. The molecule has 1 aromatic heterocycles. The lowest BCUT2D eigenvalue weighted by atomic mass is 10.2. The van der Waals surface area contributed by atoms with Crippen LogP contribution in [-0.2, 0) is 16.1 Å². The Morgan fingerprint density at radius 2 is 2.38 bits per heavy atom. The van der Waals surface area contributed by atoms with E-state index in [-0.39, 0.29) is 18.1 Å². The van der Waals surface area contributed by atoms with Gasteiger partial charge in [-0.1, -0.05) is 6.07 Å². The molecule has 6 heteroatoms. The van der Waals surface area contributed by atoms with Crippen molar-refractivity contribution in [1.82, 2.24) is 15.2 Å². The van der Waals surface area contributed by atoms with Crippen LogP contribution in [0.3, 0.4) is 0 Å². The topological polar surface area (TPSA) is 63.7 Å². The number of amides is 1. The molecule has 0 bridgehead atoms. The molecule has 1 aromatic rings. The second kappa shape index (κ2) is 7.38. The summed E-state index contributed by atoms with van der Waals surface area (Å²) < 4.78 is 10.9. The van der Waals surface area contributed by atoms with E-state index in [1.165, 1.54) is 0 Å². The molecule has 1 N–H and O–H groups in total. The molecule has 1 saturated heterocycles. The Morgan fingerprint density at radius 3 is 3.00 bits per heavy atom. The Balaban J connectivity index is 1.80. The van der Waals surface area contributed by atoms with Gasteiger partial charge >= 0.3 is 0 Å². The first-order valence-corrected chi connectivity index (χ1v) is 7.24. The Labute approximate surface area is 125 Å². The molecule has 21 heavy (non-hydrogen) atoms. The van der Waals surface area contributed by atoms with Gasteiger partial charge in [0.05, 0.1) is 12.7 Å². The van der Waals surface area contributed by atoms with Crippen LogP contribution in [0.1, 0.15) is 19.4 Å². The number of ether oxygens (including phenoxy) is 2. The lowest BCUT2D eigenvalue weighted by Gasteiger charge is -2.29. The highest BCUT2D eigenvalue weighted by molar-refractivity contribution is 5.81. The zero-order chi connectivity index (χ0) is 15.2. The maximum atomic E-state index is 12.0. The summed E-state index contributed by atoms with van der Waals surface area (Å²) in [6.07, 6.45) is 1.43. The third-order valence-electron chi connectivity index (χ3n) is 3.18. The van der Waals surface area contributed by atoms with Gasteiger partial charge in [-0.05, 0) is 26.5 Å². The summed E-state index contributed by atoms with van der Waals surface area (Å²) in [7, 11) is 1.99. The molecule has 116 valence electrons. The van der Waals surface area contributed by atoms with Gasteiger partial charge in [0.15, 0.2) is 0 Å². The fourth-order valence-corrected chi connectivity index (χ4v) is 2.07. The van der Waals surface area contributed by atoms with Gasteiger partial charge in [-0.3, -0.25) is 4.79 Å². The van der Waals surface area contributed by atoms with E-state index in [0.717, 1.165) is 12.1 Å². The molecule has 2 rings (SSSR count). The van der Waals surface area contributed by atoms with Gasteiger partial charge in [0.25, 0.3) is 5.91 Å². The van der Waals surface area contributed by atoms with Crippen LogP contribution in [0, 0.1) is 0 Å². The maximum Gasteiger partial charge on any atom is 0.250 e. The average molecular weight is 293 g/mol. The molecule has 6 nitrogen and oxygen atoms in total. The molecular weight excluding hydrogens is 270 g/mol. The highest BCUT2D eigenvalue weighted by Gasteiger charge is 2.24. The molecule has 1 atom stereocenters. The number of hydrogen-bond donors (Lipinski definition) is 1. The van der Waals surface area contributed by atoms with Gasteiger partial charge in [0.1, 0.15) is 6.10 Å². The molecular formula is C15H23N3O3. The number of nitrogens with zero attached hydrogens (tertiary/aromatic N) is 2. The predicted molar refractivity (Wildman–Crippen MR) is 79.1 cm³/mol. The SMILES string of the molecule is CC(C)Oc1ccc(CNC(=O)C2CN(C)CCO2)cn1. The van der Waals surface area contributed by atoms with Crippen LogP contribution >= 0.6 is 0 Å². The Hall–Kier alpha value is -1.66. The summed E-state index contributed by atoms with van der Waals surface area (Å²) >= 11 is 0. The van der Waals surface area contributed by atoms with Gasteiger partial charge in [-0.25, -0.2) is 4.98 Å². The minimum Gasteiger partial charge on any atom is -0.475 e. The third-order valence-corrected chi connectivity index (χ3v) is 3.18. The number of pyridine rings is 1. The molecule has 0 aliphatic carbocycles. The minimum absolute atomic E-state index is 0.0796. The molecule has 1 aliphatic heterocycles. The maximum absolute atomic E-state index is 12.0. The van der Waals surface area contributed by atoms with E-state index >= 15 is 0 Å². The first-order chi connectivity index (χ1) is 10.0. The minimum atomic E-state index is -0.389. The number of rotatable bonds is 5. The number of hydrogen-bond acceptors (Lipinski definition) is 5. The number of nitrogens with one attached hydrogen (secondary N) is 1. The molecule has 1 fully saturated rings. The summed E-state index contributed by atoms with van der Waals surface area (Å²) in [6.45, 7) is 6.44. The van der Waals surface area contributed by atoms with Gasteiger partial charge in [0, 0.05) is 31.9 Å². The summed E-state index contributed by atoms with van der Waals surface area (Å²) in [4.78, 5) is 18.3. The van der Waals surface area contributed by atoms with Crippen molar-refractivity contribution in [3.8, 4) is 5.88 Å². The van der Waals surface area contributed by atoms with E-state index in [1.807, 2.05) is 33.0 Å². The average Bonchev–Trinajstić information content (AvgIpc) is 2.45.